The van der Waals surface area contributed by atoms with Crippen LogP contribution >= 0.6 is 11.3 Å². The lowest BCUT2D eigenvalue weighted by Gasteiger charge is -2.21. The number of carbonyl (C=O) groups excluding carboxylic acids is 2. The molecule has 1 aromatic carbocycles. The lowest BCUT2D eigenvalue weighted by atomic mass is 10.1. The zero-order chi connectivity index (χ0) is 24.6. The topological polar surface area (TPSA) is 85.3 Å². The van der Waals surface area contributed by atoms with Crippen molar-refractivity contribution in [2.75, 3.05) is 6.54 Å². The smallest absolute Gasteiger partial charge is 0.407 e. The molecule has 0 radical (unpaired) electrons. The molecule has 34 heavy (non-hydrogen) atoms. The molecule has 0 bridgehead atoms. The molecule has 0 aliphatic carbocycles. The minimum Gasteiger partial charge on any atom is -0.444 e. The van der Waals surface area contributed by atoms with Gasteiger partial charge >= 0.3 is 6.09 Å². The van der Waals surface area contributed by atoms with Crippen molar-refractivity contribution in [3.63, 3.8) is 0 Å². The van der Waals surface area contributed by atoms with Gasteiger partial charge < -0.3 is 15.4 Å². The van der Waals surface area contributed by atoms with Crippen LogP contribution in [0.25, 0.3) is 10.6 Å². The van der Waals surface area contributed by atoms with Gasteiger partial charge in [0.05, 0.1) is 21.5 Å². The van der Waals surface area contributed by atoms with Gasteiger partial charge in [0, 0.05) is 19.3 Å². The molecule has 2 heterocycles. The summed E-state index contributed by atoms with van der Waals surface area (Å²) < 4.78 is 7.22. The molecule has 1 unspecified atom stereocenters. The van der Waals surface area contributed by atoms with Crippen molar-refractivity contribution in [1.29, 1.82) is 0 Å². The van der Waals surface area contributed by atoms with Gasteiger partial charge in [0.2, 0.25) is 0 Å². The zero-order valence-electron chi connectivity index (χ0n) is 20.1. The molecule has 2 amide bonds. The maximum absolute atomic E-state index is 13.0. The number of aromatic nitrogens is 2. The second kappa shape index (κ2) is 11.7. The van der Waals surface area contributed by atoms with E-state index in [0.717, 1.165) is 23.5 Å². The quantitative estimate of drug-likeness (QED) is 0.420. The van der Waals surface area contributed by atoms with E-state index in [4.69, 9.17) is 4.74 Å². The zero-order valence-corrected chi connectivity index (χ0v) is 20.9. The number of allylic oxidation sites excluding steroid dienone is 1. The molecule has 2 N–H and O–H groups in total. The number of alkyl carbamates (subject to hydrolysis) is 1. The second-order valence-corrected chi connectivity index (χ2v) is 9.86. The first-order valence-electron chi connectivity index (χ1n) is 11.4. The van der Waals surface area contributed by atoms with Crippen LogP contribution in [0.1, 0.15) is 42.9 Å². The normalized spacial score (nSPS) is 12.5. The van der Waals surface area contributed by atoms with Crippen molar-refractivity contribution in [1.82, 2.24) is 20.4 Å². The molecular weight excluding hydrogens is 448 g/mol. The largest absolute Gasteiger partial charge is 0.444 e. The summed E-state index contributed by atoms with van der Waals surface area (Å²) in [4.78, 5) is 26.7. The van der Waals surface area contributed by atoms with Crippen LogP contribution in [0.5, 0.6) is 0 Å². The molecule has 0 saturated carbocycles. The Kier molecular flexibility index (Phi) is 8.65. The van der Waals surface area contributed by atoms with E-state index < -0.39 is 17.7 Å². The Labute approximate surface area is 204 Å². The number of nitrogens with zero attached hydrogens (tertiary/aromatic N) is 2. The molecule has 3 aromatic rings. The molecule has 0 fully saturated rings. The Hall–Kier alpha value is -3.39. The van der Waals surface area contributed by atoms with Crippen LogP contribution in [0.3, 0.4) is 0 Å². The van der Waals surface area contributed by atoms with E-state index in [1.54, 1.807) is 6.20 Å². The highest BCUT2D eigenvalue weighted by Gasteiger charge is 2.19. The monoisotopic (exact) mass is 480 g/mol. The molecule has 3 rings (SSSR count). The van der Waals surface area contributed by atoms with Crippen LogP contribution in [0, 0.1) is 0 Å². The summed E-state index contributed by atoms with van der Waals surface area (Å²) in [7, 11) is 0. The highest BCUT2D eigenvalue weighted by Crippen LogP contribution is 2.28. The molecule has 180 valence electrons. The summed E-state index contributed by atoms with van der Waals surface area (Å²) in [5.74, 6) is -0.195. The Balaban J connectivity index is 1.68. The minimum atomic E-state index is -0.593. The summed E-state index contributed by atoms with van der Waals surface area (Å²) in [5, 5.41) is 10.1. The van der Waals surface area contributed by atoms with Gasteiger partial charge in [0.15, 0.2) is 0 Å². The van der Waals surface area contributed by atoms with Crippen molar-refractivity contribution in [2.45, 2.75) is 52.3 Å². The first kappa shape index (κ1) is 25.2. The van der Waals surface area contributed by atoms with E-state index in [-0.39, 0.29) is 12.5 Å². The van der Waals surface area contributed by atoms with Crippen LogP contribution in [-0.4, -0.2) is 40.0 Å². The van der Waals surface area contributed by atoms with Gasteiger partial charge in [-0.25, -0.2) is 4.79 Å². The molecule has 0 saturated heterocycles. The van der Waals surface area contributed by atoms with Gasteiger partial charge in [-0.1, -0.05) is 42.5 Å². The van der Waals surface area contributed by atoms with Crippen LogP contribution in [0.2, 0.25) is 0 Å². The number of rotatable bonds is 9. The summed E-state index contributed by atoms with van der Waals surface area (Å²) in [6.45, 7) is 8.43. The van der Waals surface area contributed by atoms with E-state index in [9.17, 15) is 9.59 Å². The summed E-state index contributed by atoms with van der Waals surface area (Å²) in [5.41, 5.74) is 1.56. The number of hydrogen-bond acceptors (Lipinski definition) is 5. The molecule has 0 aliphatic heterocycles. The number of benzene rings is 1. The number of aryl methyl sites for hydroxylation is 1. The van der Waals surface area contributed by atoms with E-state index in [1.807, 2.05) is 93.1 Å². The fourth-order valence-corrected chi connectivity index (χ4v) is 4.23. The lowest BCUT2D eigenvalue weighted by Crippen LogP contribution is -2.43. The third kappa shape index (κ3) is 7.59. The Morgan fingerprint density at radius 3 is 2.62 bits per heavy atom. The second-order valence-electron chi connectivity index (χ2n) is 8.78. The predicted molar refractivity (Wildman–Crippen MR) is 136 cm³/mol. The molecule has 8 heteroatoms. The summed E-state index contributed by atoms with van der Waals surface area (Å²) in [6, 6.07) is 15.3. The number of hydrogen-bond donors (Lipinski definition) is 2. The van der Waals surface area contributed by atoms with Crippen molar-refractivity contribution in [3.05, 3.63) is 77.3 Å². The van der Waals surface area contributed by atoms with Gasteiger partial charge in [0.25, 0.3) is 5.91 Å². The number of carbonyl (C=O) groups is 2. The third-order valence-electron chi connectivity index (χ3n) is 4.84. The van der Waals surface area contributed by atoms with Gasteiger partial charge in [0.1, 0.15) is 5.60 Å². The first-order valence-corrected chi connectivity index (χ1v) is 12.2. The van der Waals surface area contributed by atoms with E-state index in [0.29, 0.717) is 4.88 Å². The Morgan fingerprint density at radius 1 is 1.15 bits per heavy atom. The van der Waals surface area contributed by atoms with Crippen LogP contribution < -0.4 is 10.6 Å². The molecule has 7 nitrogen and oxygen atoms in total. The molecule has 2 aromatic heterocycles. The fourth-order valence-electron chi connectivity index (χ4n) is 3.29. The van der Waals surface area contributed by atoms with E-state index >= 15 is 0 Å². The van der Waals surface area contributed by atoms with Crippen LogP contribution in [0.4, 0.5) is 4.79 Å². The fraction of sp³-hybridized carbons (Fsp3) is 0.346. The van der Waals surface area contributed by atoms with Crippen molar-refractivity contribution in [2.24, 2.45) is 0 Å². The summed E-state index contributed by atoms with van der Waals surface area (Å²) >= 11 is 1.41. The number of amides is 2. The van der Waals surface area contributed by atoms with Crippen LogP contribution in [-0.2, 0) is 17.7 Å². The van der Waals surface area contributed by atoms with Gasteiger partial charge in [-0.05, 0) is 57.9 Å². The minimum absolute atomic E-state index is 0.195. The SMILES string of the molecule is CCn1nccc1-c1ccc(C(=O)NC(/C=C/Cc2ccccc2)CNC(=O)OC(C)(C)C)s1. The third-order valence-corrected chi connectivity index (χ3v) is 5.95. The molecular formula is C26H32N4O3S. The van der Waals surface area contributed by atoms with Crippen molar-refractivity contribution >= 4 is 23.3 Å². The maximum atomic E-state index is 13.0. The van der Waals surface area contributed by atoms with E-state index in [1.165, 1.54) is 16.9 Å². The highest BCUT2D eigenvalue weighted by atomic mass is 32.1. The van der Waals surface area contributed by atoms with Gasteiger partial charge in [-0.2, -0.15) is 5.10 Å². The Morgan fingerprint density at radius 2 is 1.91 bits per heavy atom. The maximum Gasteiger partial charge on any atom is 0.407 e. The predicted octanol–water partition coefficient (Wildman–Crippen LogP) is 5.05. The number of ether oxygens (including phenoxy) is 1. The number of nitrogens with one attached hydrogen (secondary N) is 2. The van der Waals surface area contributed by atoms with E-state index in [2.05, 4.69) is 15.7 Å². The van der Waals surface area contributed by atoms with Crippen molar-refractivity contribution < 1.29 is 14.3 Å². The molecule has 0 aliphatic rings. The standard InChI is InChI=1S/C26H32N4O3S/c1-5-30-21(16-17-28-30)22-14-15-23(34-22)24(31)29-20(18-27-25(32)33-26(2,3)4)13-9-12-19-10-7-6-8-11-19/h6-11,13-17,20H,5,12,18H2,1-4H3,(H,27,32)(H,29,31)/b13-9+. The Bertz CT molecular complexity index is 1110. The average molecular weight is 481 g/mol. The molecule has 0 spiro atoms. The average Bonchev–Trinajstić information content (AvgIpc) is 3.46. The lowest BCUT2D eigenvalue weighted by molar-refractivity contribution is 0.0523. The first-order chi connectivity index (χ1) is 16.2. The number of thiophene rings is 1. The highest BCUT2D eigenvalue weighted by molar-refractivity contribution is 7.17. The van der Waals surface area contributed by atoms with Gasteiger partial charge in [-0.3, -0.25) is 9.48 Å². The van der Waals surface area contributed by atoms with Crippen LogP contribution in [0.15, 0.2) is 66.9 Å². The van der Waals surface area contributed by atoms with Crippen molar-refractivity contribution in [3.8, 4) is 10.6 Å². The van der Waals surface area contributed by atoms with Gasteiger partial charge in [-0.15, -0.1) is 11.3 Å². The summed E-state index contributed by atoms with van der Waals surface area (Å²) in [6.07, 6.45) is 5.87. The molecule has 1 atom stereocenters.